The molecule has 100 valence electrons. The molecule has 0 unspecified atom stereocenters. The Labute approximate surface area is 115 Å². The molecule has 0 atom stereocenters. The van der Waals surface area contributed by atoms with Gasteiger partial charge in [-0.2, -0.15) is 4.37 Å². The standard InChI is InChI=1S/C12H15N5OS/c1-17(2)9(18)7-15-12-10(11(13)16-19-12)8-3-5-14-6-4-8/h3-6,15H,7H2,1-2H3,(H2,13,16). The zero-order valence-electron chi connectivity index (χ0n) is 10.8. The number of carbonyl (C=O) groups is 1. The third-order valence-electron chi connectivity index (χ3n) is 2.59. The molecular formula is C12H15N5OS. The number of nitrogens with zero attached hydrogens (tertiary/aromatic N) is 3. The van der Waals surface area contributed by atoms with Crippen molar-refractivity contribution < 1.29 is 4.79 Å². The number of nitrogen functional groups attached to an aromatic ring is 1. The van der Waals surface area contributed by atoms with Crippen molar-refractivity contribution in [1.29, 1.82) is 0 Å². The fourth-order valence-electron chi connectivity index (χ4n) is 1.53. The minimum Gasteiger partial charge on any atom is -0.382 e. The van der Waals surface area contributed by atoms with Crippen LogP contribution in [-0.4, -0.2) is 40.8 Å². The second kappa shape index (κ2) is 5.66. The summed E-state index contributed by atoms with van der Waals surface area (Å²) in [4.78, 5) is 17.1. The Morgan fingerprint density at radius 3 is 2.74 bits per heavy atom. The summed E-state index contributed by atoms with van der Waals surface area (Å²) >= 11 is 1.25. The number of aromatic nitrogens is 2. The fourth-order valence-corrected chi connectivity index (χ4v) is 2.27. The molecule has 1 amide bonds. The molecule has 0 aliphatic carbocycles. The van der Waals surface area contributed by atoms with Crippen molar-refractivity contribution in [2.45, 2.75) is 0 Å². The Morgan fingerprint density at radius 1 is 1.42 bits per heavy atom. The van der Waals surface area contributed by atoms with Gasteiger partial charge in [-0.05, 0) is 29.2 Å². The number of nitrogens with two attached hydrogens (primary N) is 1. The molecular weight excluding hydrogens is 262 g/mol. The third kappa shape index (κ3) is 3.00. The van der Waals surface area contributed by atoms with Gasteiger partial charge in [-0.1, -0.05) is 0 Å². The molecule has 7 heteroatoms. The lowest BCUT2D eigenvalue weighted by molar-refractivity contribution is -0.126. The number of nitrogens with one attached hydrogen (secondary N) is 1. The molecule has 2 aromatic rings. The van der Waals surface area contributed by atoms with Crippen LogP contribution in [0.5, 0.6) is 0 Å². The van der Waals surface area contributed by atoms with E-state index < -0.39 is 0 Å². The van der Waals surface area contributed by atoms with E-state index in [1.54, 1.807) is 26.5 Å². The lowest BCUT2D eigenvalue weighted by atomic mass is 10.1. The van der Waals surface area contributed by atoms with Crippen LogP contribution in [0.3, 0.4) is 0 Å². The number of pyridine rings is 1. The number of likely N-dealkylation sites (N-methyl/N-ethyl adjacent to an activating group) is 1. The van der Waals surface area contributed by atoms with Gasteiger partial charge < -0.3 is 16.0 Å². The van der Waals surface area contributed by atoms with Crippen molar-refractivity contribution in [3.05, 3.63) is 24.5 Å². The lowest BCUT2D eigenvalue weighted by Gasteiger charge is -2.11. The summed E-state index contributed by atoms with van der Waals surface area (Å²) in [5.41, 5.74) is 7.63. The molecule has 0 spiro atoms. The van der Waals surface area contributed by atoms with Crippen LogP contribution in [-0.2, 0) is 4.79 Å². The topological polar surface area (TPSA) is 84.1 Å². The molecule has 0 saturated carbocycles. The molecule has 0 aliphatic rings. The Morgan fingerprint density at radius 2 is 2.11 bits per heavy atom. The van der Waals surface area contributed by atoms with E-state index in [1.807, 2.05) is 12.1 Å². The fraction of sp³-hybridized carbons (Fsp3) is 0.250. The van der Waals surface area contributed by atoms with E-state index in [0.29, 0.717) is 5.82 Å². The highest BCUT2D eigenvalue weighted by atomic mass is 32.1. The summed E-state index contributed by atoms with van der Waals surface area (Å²) < 4.78 is 4.13. The Hall–Kier alpha value is -2.15. The largest absolute Gasteiger partial charge is 0.382 e. The van der Waals surface area contributed by atoms with Gasteiger partial charge in [0.05, 0.1) is 12.1 Å². The quantitative estimate of drug-likeness (QED) is 0.879. The van der Waals surface area contributed by atoms with Gasteiger partial charge in [0.25, 0.3) is 0 Å². The first-order valence-corrected chi connectivity index (χ1v) is 6.46. The van der Waals surface area contributed by atoms with Crippen LogP contribution in [0.1, 0.15) is 0 Å². The second-order valence-corrected chi connectivity index (χ2v) is 4.92. The van der Waals surface area contributed by atoms with Crippen molar-refractivity contribution >= 4 is 28.3 Å². The molecule has 0 aliphatic heterocycles. The number of amides is 1. The van der Waals surface area contributed by atoms with E-state index in [2.05, 4.69) is 14.7 Å². The predicted octanol–water partition coefficient (Wildman–Crippen LogP) is 1.29. The SMILES string of the molecule is CN(C)C(=O)CNc1snc(N)c1-c1ccncc1. The van der Waals surface area contributed by atoms with E-state index in [1.165, 1.54) is 16.4 Å². The van der Waals surface area contributed by atoms with E-state index >= 15 is 0 Å². The normalized spacial score (nSPS) is 10.2. The highest BCUT2D eigenvalue weighted by Gasteiger charge is 2.14. The van der Waals surface area contributed by atoms with Crippen LogP contribution >= 0.6 is 11.5 Å². The maximum Gasteiger partial charge on any atom is 0.241 e. The molecule has 0 radical (unpaired) electrons. The van der Waals surface area contributed by atoms with Crippen molar-refractivity contribution in [2.75, 3.05) is 31.7 Å². The van der Waals surface area contributed by atoms with Crippen LogP contribution < -0.4 is 11.1 Å². The smallest absolute Gasteiger partial charge is 0.241 e. The first-order valence-electron chi connectivity index (χ1n) is 5.69. The molecule has 0 aromatic carbocycles. The van der Waals surface area contributed by atoms with E-state index in [9.17, 15) is 4.79 Å². The van der Waals surface area contributed by atoms with Crippen LogP contribution in [0.25, 0.3) is 11.1 Å². The van der Waals surface area contributed by atoms with Crippen molar-refractivity contribution in [3.63, 3.8) is 0 Å². The monoisotopic (exact) mass is 277 g/mol. The molecule has 3 N–H and O–H groups in total. The van der Waals surface area contributed by atoms with E-state index in [-0.39, 0.29) is 12.5 Å². The minimum absolute atomic E-state index is 0.00681. The van der Waals surface area contributed by atoms with E-state index in [4.69, 9.17) is 5.73 Å². The van der Waals surface area contributed by atoms with Crippen LogP contribution in [0, 0.1) is 0 Å². The van der Waals surface area contributed by atoms with Crippen LogP contribution in [0.2, 0.25) is 0 Å². The molecule has 0 saturated heterocycles. The van der Waals surface area contributed by atoms with Crippen LogP contribution in [0.15, 0.2) is 24.5 Å². The first-order chi connectivity index (χ1) is 9.09. The van der Waals surface area contributed by atoms with Gasteiger partial charge in [-0.15, -0.1) is 0 Å². The summed E-state index contributed by atoms with van der Waals surface area (Å²) in [5, 5.41) is 3.87. The van der Waals surface area contributed by atoms with Crippen molar-refractivity contribution in [3.8, 4) is 11.1 Å². The summed E-state index contributed by atoms with van der Waals surface area (Å²) in [6.07, 6.45) is 3.39. The van der Waals surface area contributed by atoms with Crippen molar-refractivity contribution in [2.24, 2.45) is 0 Å². The molecule has 19 heavy (non-hydrogen) atoms. The average Bonchev–Trinajstić information content (AvgIpc) is 2.78. The molecule has 2 heterocycles. The van der Waals surface area contributed by atoms with Crippen molar-refractivity contribution in [1.82, 2.24) is 14.3 Å². The van der Waals surface area contributed by atoms with Gasteiger partial charge in [0.2, 0.25) is 5.91 Å². The number of hydrogen-bond donors (Lipinski definition) is 2. The predicted molar refractivity (Wildman–Crippen MR) is 76.9 cm³/mol. The zero-order valence-corrected chi connectivity index (χ0v) is 11.6. The average molecular weight is 277 g/mol. The van der Waals surface area contributed by atoms with Gasteiger partial charge >= 0.3 is 0 Å². The minimum atomic E-state index is -0.00681. The van der Waals surface area contributed by atoms with Gasteiger partial charge in [0.1, 0.15) is 10.8 Å². The number of anilines is 2. The first kappa shape index (κ1) is 13.3. The third-order valence-corrected chi connectivity index (χ3v) is 3.41. The molecule has 2 rings (SSSR count). The maximum absolute atomic E-state index is 11.6. The molecule has 6 nitrogen and oxygen atoms in total. The highest BCUT2D eigenvalue weighted by Crippen LogP contribution is 2.36. The molecule has 0 bridgehead atoms. The van der Waals surface area contributed by atoms with Gasteiger partial charge in [-0.3, -0.25) is 9.78 Å². The molecule has 0 fully saturated rings. The summed E-state index contributed by atoms with van der Waals surface area (Å²) in [6, 6.07) is 3.72. The van der Waals surface area contributed by atoms with Gasteiger partial charge in [-0.25, -0.2) is 0 Å². The lowest BCUT2D eigenvalue weighted by Crippen LogP contribution is -2.28. The Balaban J connectivity index is 2.21. The number of hydrogen-bond acceptors (Lipinski definition) is 6. The van der Waals surface area contributed by atoms with E-state index in [0.717, 1.165) is 16.1 Å². The number of rotatable bonds is 4. The van der Waals surface area contributed by atoms with Crippen LogP contribution in [0.4, 0.5) is 10.8 Å². The highest BCUT2D eigenvalue weighted by molar-refractivity contribution is 7.11. The maximum atomic E-state index is 11.6. The van der Waals surface area contributed by atoms with Gasteiger partial charge in [0.15, 0.2) is 0 Å². The summed E-state index contributed by atoms with van der Waals surface area (Å²) in [7, 11) is 3.43. The molecule has 2 aromatic heterocycles. The van der Waals surface area contributed by atoms with Gasteiger partial charge in [0, 0.05) is 26.5 Å². The Bertz CT molecular complexity index is 567. The summed E-state index contributed by atoms with van der Waals surface area (Å²) in [5.74, 6) is 0.448. The number of carbonyl (C=O) groups excluding carboxylic acids is 1. The Kier molecular flexibility index (Phi) is 3.96. The summed E-state index contributed by atoms with van der Waals surface area (Å²) in [6.45, 7) is 0.215. The second-order valence-electron chi connectivity index (χ2n) is 4.15. The zero-order chi connectivity index (χ0) is 13.8.